The normalized spacial score (nSPS) is 17.5. The fourth-order valence-electron chi connectivity index (χ4n) is 7.94. The number of fused-ring (bicyclic) bond motifs is 1. The van der Waals surface area contributed by atoms with E-state index in [1.165, 1.54) is 95.9 Å². The standard InChI is InChI=1S/C49H70Cl2N5O10P/c1-5-6-7-8-9-10-11-12-13-14-15-16-17-18-19-22-29-59-32-38(60-31-37-25-28-43(58-4)40(51)30-37)33-62-67(57,66-44-24-21-20-23-39(44)50)63-34-45(61-35-52)47-46(64-49(2,3)65-47)41-26-27-42-48(53)54-36-55-56(41)42/h20-21,23-28,30,36,38,45-47H,5-19,22,29,31-34H2,1-4H3,(H2,53,54,55)/t38-,45-,46+,47-,67?/m1/s1. The predicted octanol–water partition coefficient (Wildman–Crippen LogP) is 12.8. The lowest BCUT2D eigenvalue weighted by molar-refractivity contribution is -0.157. The number of anilines is 1. The Bertz CT molecular complexity index is 2160. The van der Waals surface area contributed by atoms with Crippen LogP contribution in [0.1, 0.15) is 141 Å². The Kier molecular flexibility index (Phi) is 23.3. The van der Waals surface area contributed by atoms with Crippen LogP contribution in [0.4, 0.5) is 5.82 Å². The van der Waals surface area contributed by atoms with Crippen molar-refractivity contribution in [3.05, 3.63) is 82.2 Å². The number of nitrogens with zero attached hydrogens (tertiary/aromatic N) is 4. The minimum absolute atomic E-state index is 0.0479. The molecule has 4 aromatic rings. The third-order valence-electron chi connectivity index (χ3n) is 11.5. The molecule has 15 nitrogen and oxygen atoms in total. The van der Waals surface area contributed by atoms with Gasteiger partial charge < -0.3 is 38.7 Å². The molecule has 1 unspecified atom stereocenters. The average Bonchev–Trinajstić information content (AvgIpc) is 3.89. The lowest BCUT2D eigenvalue weighted by Crippen LogP contribution is -2.37. The van der Waals surface area contributed by atoms with Crippen molar-refractivity contribution in [3.8, 4) is 17.8 Å². The maximum absolute atomic E-state index is 14.7. The highest BCUT2D eigenvalue weighted by Crippen LogP contribution is 2.52. The van der Waals surface area contributed by atoms with Crippen LogP contribution in [0.3, 0.4) is 0 Å². The number of methoxy groups -OCH3 is 1. The summed E-state index contributed by atoms with van der Waals surface area (Å²) < 4.78 is 70.2. The van der Waals surface area contributed by atoms with Crippen molar-refractivity contribution in [1.82, 2.24) is 14.6 Å². The van der Waals surface area contributed by atoms with E-state index in [0.717, 1.165) is 24.8 Å². The van der Waals surface area contributed by atoms with Gasteiger partial charge in [-0.2, -0.15) is 10.4 Å². The Balaban J connectivity index is 1.19. The molecule has 0 aliphatic carbocycles. The Hall–Kier alpha value is -3.68. The number of nitrogens with two attached hydrogens (primary N) is 1. The van der Waals surface area contributed by atoms with Crippen molar-refractivity contribution in [2.75, 3.05) is 39.3 Å². The van der Waals surface area contributed by atoms with Gasteiger partial charge in [-0.1, -0.05) is 145 Å². The van der Waals surface area contributed by atoms with Gasteiger partial charge in [0, 0.05) is 6.61 Å². The number of nitrogen functional groups attached to an aromatic ring is 1. The van der Waals surface area contributed by atoms with Crippen LogP contribution < -0.4 is 15.0 Å². The monoisotopic (exact) mass is 989 g/mol. The topological polar surface area (TPSA) is 180 Å². The Morgan fingerprint density at radius 3 is 2.13 bits per heavy atom. The molecule has 0 saturated carbocycles. The third-order valence-corrected chi connectivity index (χ3v) is 13.5. The fraction of sp³-hybridized carbons (Fsp3) is 0.612. The summed E-state index contributed by atoms with van der Waals surface area (Å²) in [6, 6.07) is 15.3. The zero-order valence-corrected chi connectivity index (χ0v) is 42.0. The van der Waals surface area contributed by atoms with Crippen molar-refractivity contribution in [2.24, 2.45) is 0 Å². The van der Waals surface area contributed by atoms with Crippen LogP contribution in [0, 0.1) is 11.5 Å². The van der Waals surface area contributed by atoms with E-state index in [2.05, 4.69) is 17.0 Å². The Labute approximate surface area is 406 Å². The van der Waals surface area contributed by atoms with Crippen LogP contribution in [-0.2, 0) is 43.9 Å². The zero-order chi connectivity index (χ0) is 47.9. The van der Waals surface area contributed by atoms with Gasteiger partial charge in [-0.05, 0) is 62.2 Å². The largest absolute Gasteiger partial charge is 0.530 e. The molecule has 0 bridgehead atoms. The zero-order valence-electron chi connectivity index (χ0n) is 39.6. The number of unbranched alkanes of at least 4 members (excludes halogenated alkanes) is 15. The molecule has 1 aliphatic heterocycles. The van der Waals surface area contributed by atoms with Crippen molar-refractivity contribution < 1.29 is 46.6 Å². The van der Waals surface area contributed by atoms with Crippen LogP contribution in [0.15, 0.2) is 60.9 Å². The van der Waals surface area contributed by atoms with Gasteiger partial charge in [0.2, 0.25) is 0 Å². The molecule has 5 rings (SSSR count). The van der Waals surface area contributed by atoms with E-state index >= 15 is 0 Å². The second kappa shape index (κ2) is 28.7. The maximum atomic E-state index is 14.7. The second-order valence-corrected chi connectivity index (χ2v) is 19.7. The summed E-state index contributed by atoms with van der Waals surface area (Å²) in [5.74, 6) is -0.286. The number of phosphoric acid groups is 1. The van der Waals surface area contributed by atoms with E-state index in [4.69, 9.17) is 70.9 Å². The number of hydrogen-bond donors (Lipinski definition) is 1. The molecule has 0 amide bonds. The van der Waals surface area contributed by atoms with Gasteiger partial charge >= 0.3 is 7.82 Å². The fourth-order valence-corrected chi connectivity index (χ4v) is 9.70. The number of para-hydroxylation sites is 1. The van der Waals surface area contributed by atoms with E-state index in [1.54, 1.807) is 74.2 Å². The molecule has 18 heteroatoms. The first-order valence-corrected chi connectivity index (χ1v) is 26.0. The van der Waals surface area contributed by atoms with E-state index in [9.17, 15) is 9.83 Å². The molecule has 1 saturated heterocycles. The third kappa shape index (κ3) is 18.0. The number of aromatic nitrogens is 3. The number of benzene rings is 2. The Morgan fingerprint density at radius 1 is 0.836 bits per heavy atom. The number of rotatable bonds is 34. The van der Waals surface area contributed by atoms with Crippen LogP contribution >= 0.6 is 31.0 Å². The van der Waals surface area contributed by atoms with Crippen molar-refractivity contribution in [3.63, 3.8) is 0 Å². The second-order valence-electron chi connectivity index (χ2n) is 17.3. The van der Waals surface area contributed by atoms with E-state index < -0.39 is 44.6 Å². The van der Waals surface area contributed by atoms with Gasteiger partial charge in [0.15, 0.2) is 17.7 Å². The number of nitriles is 1. The summed E-state index contributed by atoms with van der Waals surface area (Å²) in [6.07, 6.45) is 19.8. The van der Waals surface area contributed by atoms with Gasteiger partial charge in [-0.15, -0.1) is 0 Å². The molecule has 2 aromatic carbocycles. The summed E-state index contributed by atoms with van der Waals surface area (Å²) >= 11 is 12.9. The first-order valence-electron chi connectivity index (χ1n) is 23.8. The van der Waals surface area contributed by atoms with Crippen molar-refractivity contribution in [2.45, 2.75) is 160 Å². The van der Waals surface area contributed by atoms with Crippen molar-refractivity contribution >= 4 is 42.4 Å². The molecule has 1 fully saturated rings. The number of halogens is 2. The average molecular weight is 991 g/mol. The van der Waals surface area contributed by atoms with Gasteiger partial charge in [0.25, 0.3) is 6.26 Å². The first-order chi connectivity index (χ1) is 32.5. The van der Waals surface area contributed by atoms with Gasteiger partial charge in [0.05, 0.1) is 42.7 Å². The number of hydrogen-bond acceptors (Lipinski definition) is 14. The van der Waals surface area contributed by atoms with Crippen molar-refractivity contribution in [1.29, 1.82) is 5.26 Å². The van der Waals surface area contributed by atoms with E-state index in [-0.39, 0.29) is 36.4 Å². The van der Waals surface area contributed by atoms with Gasteiger partial charge in [-0.3, -0.25) is 9.05 Å². The molecule has 0 radical (unpaired) electrons. The SMILES string of the molecule is CCCCCCCCCCCCCCCCCCOC[C@H](COP(=O)(OC[C@@H](OC#N)[C@H]1OC(C)(C)O[C@H]1c1ccc2c(N)ncnn12)Oc1ccccc1Cl)OCc1ccc(OC)c(Cl)c1. The molecule has 2 N–H and O–H groups in total. The molecule has 2 aromatic heterocycles. The van der Waals surface area contributed by atoms with Crippen LogP contribution in [0.2, 0.25) is 10.0 Å². The summed E-state index contributed by atoms with van der Waals surface area (Å²) in [5.41, 5.74) is 7.99. The minimum atomic E-state index is -4.58. The molecular formula is C49H70Cl2N5O10P. The predicted molar refractivity (Wildman–Crippen MR) is 259 cm³/mol. The molecular weight excluding hydrogens is 920 g/mol. The molecule has 1 aliphatic rings. The van der Waals surface area contributed by atoms with E-state index in [0.29, 0.717) is 28.6 Å². The molecule has 370 valence electrons. The van der Waals surface area contributed by atoms with Gasteiger partial charge in [-0.25, -0.2) is 14.1 Å². The quantitative estimate of drug-likeness (QED) is 0.0265. The van der Waals surface area contributed by atoms with Gasteiger partial charge in [0.1, 0.15) is 48.3 Å². The van der Waals surface area contributed by atoms with Crippen LogP contribution in [-0.4, -0.2) is 72.2 Å². The highest BCUT2D eigenvalue weighted by atomic mass is 35.5. The number of phosphoric ester groups is 1. The molecule has 67 heavy (non-hydrogen) atoms. The highest BCUT2D eigenvalue weighted by molar-refractivity contribution is 7.48. The summed E-state index contributed by atoms with van der Waals surface area (Å²) in [7, 11) is -3.03. The van der Waals surface area contributed by atoms with E-state index in [1.807, 2.05) is 6.07 Å². The van der Waals surface area contributed by atoms with Crippen LogP contribution in [0.5, 0.6) is 11.5 Å². The highest BCUT2D eigenvalue weighted by Gasteiger charge is 2.49. The molecule has 5 atom stereocenters. The molecule has 3 heterocycles. The first kappa shape index (κ1) is 54.3. The lowest BCUT2D eigenvalue weighted by atomic mass is 10.0. The minimum Gasteiger partial charge on any atom is -0.495 e. The summed E-state index contributed by atoms with van der Waals surface area (Å²) in [4.78, 5) is 4.07. The summed E-state index contributed by atoms with van der Waals surface area (Å²) in [5, 5.41) is 14.8. The maximum Gasteiger partial charge on any atom is 0.530 e. The molecule has 0 spiro atoms. The smallest absolute Gasteiger partial charge is 0.495 e. The number of ether oxygens (including phenoxy) is 6. The summed E-state index contributed by atoms with van der Waals surface area (Å²) in [6.45, 7) is 5.71. The lowest BCUT2D eigenvalue weighted by Gasteiger charge is -2.27. The van der Waals surface area contributed by atoms with Crippen LogP contribution in [0.25, 0.3) is 5.52 Å². The Morgan fingerprint density at radius 2 is 1.49 bits per heavy atom.